The summed E-state index contributed by atoms with van der Waals surface area (Å²) in [5.41, 5.74) is 2.67. The lowest BCUT2D eigenvalue weighted by atomic mass is 10.1. The SMILES string of the molecule is CC.Cc1cc(COc2ccc3c(c2)OCCC3=O)ccn1. The highest BCUT2D eigenvalue weighted by Gasteiger charge is 2.18. The van der Waals surface area contributed by atoms with Crippen LogP contribution in [0.5, 0.6) is 11.5 Å². The number of rotatable bonds is 3. The van der Waals surface area contributed by atoms with Crippen LogP contribution in [0.3, 0.4) is 0 Å². The Hall–Kier alpha value is -2.36. The fourth-order valence-electron chi connectivity index (χ4n) is 2.19. The third-order valence-electron chi connectivity index (χ3n) is 3.21. The highest BCUT2D eigenvalue weighted by molar-refractivity contribution is 5.99. The number of fused-ring (bicyclic) bond motifs is 1. The highest BCUT2D eigenvalue weighted by atomic mass is 16.5. The van der Waals surface area contributed by atoms with Gasteiger partial charge in [-0.25, -0.2) is 0 Å². The summed E-state index contributed by atoms with van der Waals surface area (Å²) in [5, 5.41) is 0. The maximum absolute atomic E-state index is 11.7. The first-order valence-corrected chi connectivity index (χ1v) is 7.57. The first kappa shape index (κ1) is 16.0. The summed E-state index contributed by atoms with van der Waals surface area (Å²) in [4.78, 5) is 15.8. The van der Waals surface area contributed by atoms with E-state index in [1.165, 1.54) is 0 Å². The number of carbonyl (C=O) groups excluding carboxylic acids is 1. The summed E-state index contributed by atoms with van der Waals surface area (Å²) < 4.78 is 11.2. The number of nitrogens with zero attached hydrogens (tertiary/aromatic N) is 1. The molecule has 0 aliphatic carbocycles. The zero-order valence-corrected chi connectivity index (χ0v) is 13.3. The molecule has 3 rings (SSSR count). The summed E-state index contributed by atoms with van der Waals surface area (Å²) in [5.74, 6) is 1.44. The second-order valence-corrected chi connectivity index (χ2v) is 4.77. The maximum Gasteiger partial charge on any atom is 0.169 e. The van der Waals surface area contributed by atoms with E-state index in [2.05, 4.69) is 4.98 Å². The monoisotopic (exact) mass is 299 g/mol. The van der Waals surface area contributed by atoms with Gasteiger partial charge in [-0.1, -0.05) is 13.8 Å². The van der Waals surface area contributed by atoms with Gasteiger partial charge < -0.3 is 9.47 Å². The third kappa shape index (κ3) is 3.85. The Morgan fingerprint density at radius 1 is 1.23 bits per heavy atom. The lowest BCUT2D eigenvalue weighted by molar-refractivity contribution is 0.0933. The molecule has 0 radical (unpaired) electrons. The van der Waals surface area contributed by atoms with Crippen molar-refractivity contribution >= 4 is 5.78 Å². The van der Waals surface area contributed by atoms with Crippen molar-refractivity contribution in [3.05, 3.63) is 53.3 Å². The average molecular weight is 299 g/mol. The molecule has 2 aromatic rings. The van der Waals surface area contributed by atoms with Gasteiger partial charge in [-0.15, -0.1) is 0 Å². The van der Waals surface area contributed by atoms with Crippen molar-refractivity contribution in [1.29, 1.82) is 0 Å². The van der Waals surface area contributed by atoms with Crippen LogP contribution >= 0.6 is 0 Å². The van der Waals surface area contributed by atoms with Crippen molar-refractivity contribution in [3.8, 4) is 11.5 Å². The minimum atomic E-state index is 0.127. The smallest absolute Gasteiger partial charge is 0.169 e. The minimum absolute atomic E-state index is 0.127. The molecule has 0 amide bonds. The quantitative estimate of drug-likeness (QED) is 0.860. The van der Waals surface area contributed by atoms with Gasteiger partial charge in [-0.05, 0) is 36.8 Å². The van der Waals surface area contributed by atoms with Gasteiger partial charge in [0.15, 0.2) is 5.78 Å². The Bertz CT molecular complexity index is 653. The average Bonchev–Trinajstić information content (AvgIpc) is 2.55. The summed E-state index contributed by atoms with van der Waals surface area (Å²) in [6.45, 7) is 6.86. The Morgan fingerprint density at radius 2 is 2.05 bits per heavy atom. The topological polar surface area (TPSA) is 48.4 Å². The lowest BCUT2D eigenvalue weighted by Gasteiger charge is -2.17. The van der Waals surface area contributed by atoms with Gasteiger partial charge >= 0.3 is 0 Å². The second-order valence-electron chi connectivity index (χ2n) is 4.77. The van der Waals surface area contributed by atoms with E-state index in [-0.39, 0.29) is 5.78 Å². The van der Waals surface area contributed by atoms with Gasteiger partial charge in [0.25, 0.3) is 0 Å². The normalized spacial score (nSPS) is 12.6. The third-order valence-corrected chi connectivity index (χ3v) is 3.21. The summed E-state index contributed by atoms with van der Waals surface area (Å²) in [7, 11) is 0. The van der Waals surface area contributed by atoms with Gasteiger partial charge in [-0.2, -0.15) is 0 Å². The molecule has 1 aliphatic rings. The number of aryl methyl sites for hydroxylation is 1. The van der Waals surface area contributed by atoms with Crippen LogP contribution in [-0.4, -0.2) is 17.4 Å². The first-order valence-electron chi connectivity index (χ1n) is 7.57. The largest absolute Gasteiger partial charge is 0.492 e. The van der Waals surface area contributed by atoms with E-state index in [1.807, 2.05) is 32.9 Å². The molecule has 2 heterocycles. The summed E-state index contributed by atoms with van der Waals surface area (Å²) in [6.07, 6.45) is 2.21. The number of ketones is 1. The number of hydrogen-bond acceptors (Lipinski definition) is 4. The molecule has 1 aromatic carbocycles. The van der Waals surface area contributed by atoms with Crippen LogP contribution in [0.2, 0.25) is 0 Å². The molecule has 1 aliphatic heterocycles. The number of carbonyl (C=O) groups is 1. The van der Waals surface area contributed by atoms with Crippen molar-refractivity contribution in [1.82, 2.24) is 4.98 Å². The summed E-state index contributed by atoms with van der Waals surface area (Å²) in [6, 6.07) is 9.26. The van der Waals surface area contributed by atoms with E-state index in [0.717, 1.165) is 11.3 Å². The minimum Gasteiger partial charge on any atom is -0.492 e. The van der Waals surface area contributed by atoms with Gasteiger partial charge in [0.2, 0.25) is 0 Å². The van der Waals surface area contributed by atoms with Crippen LogP contribution in [-0.2, 0) is 6.61 Å². The molecule has 0 saturated heterocycles. The van der Waals surface area contributed by atoms with Gasteiger partial charge in [0.05, 0.1) is 12.2 Å². The standard InChI is InChI=1S/C16H15NO3.C2H6/c1-11-8-12(4-6-17-11)10-20-13-2-3-14-15(18)5-7-19-16(14)9-13;1-2/h2-4,6,8-9H,5,7,10H2,1H3;1-2H3. The fourth-order valence-corrected chi connectivity index (χ4v) is 2.19. The van der Waals surface area contributed by atoms with Crippen molar-refractivity contribution < 1.29 is 14.3 Å². The molecule has 22 heavy (non-hydrogen) atoms. The maximum atomic E-state index is 11.7. The number of hydrogen-bond donors (Lipinski definition) is 0. The molecule has 0 atom stereocenters. The molecule has 0 spiro atoms. The number of Topliss-reactive ketones (excluding diaryl/α,β-unsaturated/α-hetero) is 1. The van der Waals surface area contributed by atoms with Crippen LogP contribution < -0.4 is 9.47 Å². The van der Waals surface area contributed by atoms with E-state index >= 15 is 0 Å². The molecular weight excluding hydrogens is 278 g/mol. The molecular formula is C18H21NO3. The fraction of sp³-hybridized carbons (Fsp3) is 0.333. The van der Waals surface area contributed by atoms with Crippen LogP contribution in [0.4, 0.5) is 0 Å². The Morgan fingerprint density at radius 3 is 2.82 bits per heavy atom. The van der Waals surface area contributed by atoms with Crippen molar-refractivity contribution in [3.63, 3.8) is 0 Å². The van der Waals surface area contributed by atoms with E-state index in [1.54, 1.807) is 24.4 Å². The number of benzene rings is 1. The molecule has 0 saturated carbocycles. The van der Waals surface area contributed by atoms with Crippen LogP contribution in [0.25, 0.3) is 0 Å². The Balaban J connectivity index is 0.000000847. The zero-order chi connectivity index (χ0) is 15.9. The van der Waals surface area contributed by atoms with Crippen molar-refractivity contribution in [2.75, 3.05) is 6.61 Å². The van der Waals surface area contributed by atoms with Crippen LogP contribution in [0, 0.1) is 6.92 Å². The highest BCUT2D eigenvalue weighted by Crippen LogP contribution is 2.29. The molecule has 4 heteroatoms. The van der Waals surface area contributed by atoms with Crippen molar-refractivity contribution in [2.24, 2.45) is 0 Å². The predicted molar refractivity (Wildman–Crippen MR) is 85.5 cm³/mol. The van der Waals surface area contributed by atoms with Crippen LogP contribution in [0.1, 0.15) is 41.9 Å². The molecule has 4 nitrogen and oxygen atoms in total. The van der Waals surface area contributed by atoms with E-state index in [4.69, 9.17) is 9.47 Å². The molecule has 0 bridgehead atoms. The van der Waals surface area contributed by atoms with E-state index < -0.39 is 0 Å². The second kappa shape index (κ2) is 7.59. The van der Waals surface area contributed by atoms with Crippen molar-refractivity contribution in [2.45, 2.75) is 33.8 Å². The number of ether oxygens (including phenoxy) is 2. The van der Waals surface area contributed by atoms with Gasteiger partial charge in [0.1, 0.15) is 18.1 Å². The molecule has 0 fully saturated rings. The number of pyridine rings is 1. The Kier molecular flexibility index (Phi) is 5.53. The number of aromatic nitrogens is 1. The Labute approximate surface area is 131 Å². The zero-order valence-electron chi connectivity index (χ0n) is 13.3. The van der Waals surface area contributed by atoms with Gasteiger partial charge in [-0.3, -0.25) is 9.78 Å². The summed E-state index contributed by atoms with van der Waals surface area (Å²) >= 11 is 0. The first-order chi connectivity index (χ1) is 10.7. The van der Waals surface area contributed by atoms with E-state index in [0.29, 0.717) is 36.7 Å². The molecule has 0 unspecified atom stereocenters. The van der Waals surface area contributed by atoms with E-state index in [9.17, 15) is 4.79 Å². The molecule has 1 aromatic heterocycles. The lowest BCUT2D eigenvalue weighted by Crippen LogP contribution is -2.15. The van der Waals surface area contributed by atoms with Crippen LogP contribution in [0.15, 0.2) is 36.5 Å². The molecule has 116 valence electrons. The predicted octanol–water partition coefficient (Wildman–Crippen LogP) is 3.96. The van der Waals surface area contributed by atoms with Gasteiger partial charge in [0, 0.05) is 24.4 Å². The molecule has 0 N–H and O–H groups in total.